The van der Waals surface area contributed by atoms with Crippen LogP contribution in [-0.2, 0) is 4.79 Å². The molecule has 0 amide bonds. The van der Waals surface area contributed by atoms with Crippen LogP contribution in [0.3, 0.4) is 0 Å². The maximum absolute atomic E-state index is 10.2. The van der Waals surface area contributed by atoms with E-state index in [4.69, 9.17) is 0 Å². The largest absolute Gasteiger partial charge is 0.545 e. The number of hydrogen-bond donors (Lipinski definition) is 0. The van der Waals surface area contributed by atoms with Crippen LogP contribution in [0.2, 0.25) is 0 Å². The van der Waals surface area contributed by atoms with Crippen molar-refractivity contribution in [2.75, 3.05) is 0 Å². The molecule has 0 saturated heterocycles. The van der Waals surface area contributed by atoms with Gasteiger partial charge in [-0.1, -0.05) is 24.3 Å². The summed E-state index contributed by atoms with van der Waals surface area (Å²) in [7, 11) is 0. The first-order valence-electron chi connectivity index (χ1n) is 4.50. The Labute approximate surface area is 86.7 Å². The lowest BCUT2D eigenvalue weighted by atomic mass is 10.2. The molecule has 1 aromatic heterocycles. The highest BCUT2D eigenvalue weighted by Gasteiger charge is 1.93. The maximum Gasteiger partial charge on any atom is 0.0709 e. The number of carboxylic acids is 1. The number of aromatic nitrogens is 1. The molecule has 1 heterocycles. The van der Waals surface area contributed by atoms with E-state index in [1.165, 1.54) is 6.08 Å². The van der Waals surface area contributed by atoms with Gasteiger partial charge in [-0.2, -0.15) is 0 Å². The van der Waals surface area contributed by atoms with Gasteiger partial charge in [-0.05, 0) is 24.3 Å². The zero-order valence-corrected chi connectivity index (χ0v) is 7.88. The van der Waals surface area contributed by atoms with Gasteiger partial charge in [-0.3, -0.25) is 0 Å². The molecule has 0 aliphatic heterocycles. The van der Waals surface area contributed by atoms with Crippen LogP contribution in [0.1, 0.15) is 5.69 Å². The summed E-state index contributed by atoms with van der Waals surface area (Å²) in [4.78, 5) is 14.5. The molecule has 0 saturated carbocycles. The summed E-state index contributed by atoms with van der Waals surface area (Å²) < 4.78 is 0. The molecule has 2 rings (SSSR count). The zero-order chi connectivity index (χ0) is 10.7. The van der Waals surface area contributed by atoms with Crippen molar-refractivity contribution in [2.45, 2.75) is 0 Å². The smallest absolute Gasteiger partial charge is 0.0709 e. The molecule has 0 atom stereocenters. The first-order valence-corrected chi connectivity index (χ1v) is 4.50. The molecule has 0 radical (unpaired) electrons. The number of rotatable bonds is 2. The van der Waals surface area contributed by atoms with Gasteiger partial charge < -0.3 is 9.90 Å². The monoisotopic (exact) mass is 198 g/mol. The Bertz CT molecular complexity index is 532. The van der Waals surface area contributed by atoms with E-state index in [-0.39, 0.29) is 0 Å². The Hall–Kier alpha value is -2.16. The molecule has 3 heteroatoms. The van der Waals surface area contributed by atoms with Crippen molar-refractivity contribution in [1.82, 2.24) is 4.98 Å². The van der Waals surface area contributed by atoms with Gasteiger partial charge in [0.05, 0.1) is 17.2 Å². The van der Waals surface area contributed by atoms with Crippen LogP contribution in [0.25, 0.3) is 17.0 Å². The molecule has 0 N–H and O–H groups in total. The lowest BCUT2D eigenvalue weighted by Gasteiger charge is -1.98. The summed E-state index contributed by atoms with van der Waals surface area (Å²) in [5.41, 5.74) is 1.45. The minimum Gasteiger partial charge on any atom is -0.545 e. The van der Waals surface area contributed by atoms with E-state index < -0.39 is 5.97 Å². The van der Waals surface area contributed by atoms with Crippen LogP contribution in [-0.4, -0.2) is 11.0 Å². The van der Waals surface area contributed by atoms with Crippen molar-refractivity contribution in [3.8, 4) is 0 Å². The Morgan fingerprint density at radius 3 is 2.80 bits per heavy atom. The van der Waals surface area contributed by atoms with E-state index in [1.54, 1.807) is 6.07 Å². The van der Waals surface area contributed by atoms with E-state index in [1.807, 2.05) is 30.3 Å². The van der Waals surface area contributed by atoms with Gasteiger partial charge in [0.1, 0.15) is 0 Å². The number of nitrogens with zero attached hydrogens (tertiary/aromatic N) is 1. The van der Waals surface area contributed by atoms with Crippen molar-refractivity contribution in [1.29, 1.82) is 0 Å². The zero-order valence-electron chi connectivity index (χ0n) is 7.88. The van der Waals surface area contributed by atoms with Crippen molar-refractivity contribution < 1.29 is 9.90 Å². The van der Waals surface area contributed by atoms with Crippen molar-refractivity contribution in [3.63, 3.8) is 0 Å². The SMILES string of the molecule is O=C([O-])C=Cc1ccc2ccccc2n1. The summed E-state index contributed by atoms with van der Waals surface area (Å²) in [5.74, 6) is -1.22. The first-order chi connectivity index (χ1) is 7.25. The predicted octanol–water partition coefficient (Wildman–Crippen LogP) is 0.998. The van der Waals surface area contributed by atoms with Crippen LogP contribution in [0, 0.1) is 0 Å². The second kappa shape index (κ2) is 3.92. The highest BCUT2D eigenvalue weighted by molar-refractivity contribution is 5.84. The summed E-state index contributed by atoms with van der Waals surface area (Å²) in [5, 5.41) is 11.2. The average Bonchev–Trinajstić information content (AvgIpc) is 2.26. The summed E-state index contributed by atoms with van der Waals surface area (Å²) in [6.07, 6.45) is 2.39. The molecular weight excluding hydrogens is 190 g/mol. The van der Waals surface area contributed by atoms with E-state index in [9.17, 15) is 9.90 Å². The number of fused-ring (bicyclic) bond motifs is 1. The van der Waals surface area contributed by atoms with Gasteiger partial charge in [0.2, 0.25) is 0 Å². The molecule has 1 aromatic carbocycles. The van der Waals surface area contributed by atoms with Crippen molar-refractivity contribution in [2.24, 2.45) is 0 Å². The molecule has 0 aliphatic carbocycles. The Morgan fingerprint density at radius 1 is 1.20 bits per heavy atom. The topological polar surface area (TPSA) is 53.0 Å². The molecule has 15 heavy (non-hydrogen) atoms. The first kappa shape index (κ1) is 9.40. The maximum atomic E-state index is 10.2. The van der Waals surface area contributed by atoms with E-state index in [2.05, 4.69) is 4.98 Å². The lowest BCUT2D eigenvalue weighted by Crippen LogP contribution is -2.18. The van der Waals surface area contributed by atoms with Gasteiger partial charge in [0, 0.05) is 5.39 Å². The molecule has 3 nitrogen and oxygen atoms in total. The fourth-order valence-electron chi connectivity index (χ4n) is 1.33. The number of carbonyl (C=O) groups excluding carboxylic acids is 1. The number of aliphatic carboxylic acids is 1. The van der Waals surface area contributed by atoms with Crippen LogP contribution in [0.15, 0.2) is 42.5 Å². The average molecular weight is 198 g/mol. The van der Waals surface area contributed by atoms with E-state index in [0.717, 1.165) is 17.0 Å². The number of pyridine rings is 1. The van der Waals surface area contributed by atoms with Crippen LogP contribution >= 0.6 is 0 Å². The van der Waals surface area contributed by atoms with Gasteiger partial charge in [0.25, 0.3) is 0 Å². The quantitative estimate of drug-likeness (QED) is 0.676. The highest BCUT2D eigenvalue weighted by Crippen LogP contribution is 2.12. The number of carbonyl (C=O) groups is 1. The Morgan fingerprint density at radius 2 is 2.00 bits per heavy atom. The molecule has 74 valence electrons. The predicted molar refractivity (Wildman–Crippen MR) is 55.8 cm³/mol. The fourth-order valence-corrected chi connectivity index (χ4v) is 1.33. The number of hydrogen-bond acceptors (Lipinski definition) is 3. The third-order valence-corrected chi connectivity index (χ3v) is 2.01. The molecule has 0 fully saturated rings. The number of para-hydroxylation sites is 1. The second-order valence-electron chi connectivity index (χ2n) is 3.08. The van der Waals surface area contributed by atoms with E-state index >= 15 is 0 Å². The molecule has 0 unspecified atom stereocenters. The summed E-state index contributed by atoms with van der Waals surface area (Å²) >= 11 is 0. The van der Waals surface area contributed by atoms with Crippen LogP contribution < -0.4 is 5.11 Å². The van der Waals surface area contributed by atoms with Gasteiger partial charge >= 0.3 is 0 Å². The molecule has 0 bridgehead atoms. The van der Waals surface area contributed by atoms with Crippen LogP contribution in [0.4, 0.5) is 0 Å². The fraction of sp³-hybridized carbons (Fsp3) is 0. The normalized spacial score (nSPS) is 10.9. The Balaban J connectivity index is 2.43. The minimum atomic E-state index is -1.22. The van der Waals surface area contributed by atoms with Gasteiger partial charge in [-0.15, -0.1) is 0 Å². The lowest BCUT2D eigenvalue weighted by molar-refractivity contribution is -0.297. The minimum absolute atomic E-state index is 0.609. The van der Waals surface area contributed by atoms with Crippen molar-refractivity contribution in [3.05, 3.63) is 48.2 Å². The van der Waals surface area contributed by atoms with Gasteiger partial charge in [0.15, 0.2) is 0 Å². The summed E-state index contributed by atoms with van der Waals surface area (Å²) in [6, 6.07) is 11.3. The third-order valence-electron chi connectivity index (χ3n) is 2.01. The van der Waals surface area contributed by atoms with E-state index in [0.29, 0.717) is 5.69 Å². The second-order valence-corrected chi connectivity index (χ2v) is 3.08. The molecule has 2 aromatic rings. The van der Waals surface area contributed by atoms with Gasteiger partial charge in [-0.25, -0.2) is 4.98 Å². The molecular formula is C12H8NO2-. The number of carboxylic acid groups (broad SMARTS) is 1. The third kappa shape index (κ3) is 2.20. The molecule has 0 aliphatic rings. The van der Waals surface area contributed by atoms with Crippen LogP contribution in [0.5, 0.6) is 0 Å². The Kier molecular flexibility index (Phi) is 2.46. The molecule has 0 spiro atoms. The number of benzene rings is 1. The highest BCUT2D eigenvalue weighted by atomic mass is 16.4. The summed E-state index contributed by atoms with van der Waals surface area (Å²) in [6.45, 7) is 0. The van der Waals surface area contributed by atoms with Crippen molar-refractivity contribution >= 4 is 22.9 Å². The standard InChI is InChI=1S/C12H9NO2/c14-12(15)8-7-10-6-5-9-3-1-2-4-11(9)13-10/h1-8H,(H,14,15)/p-1.